The van der Waals surface area contributed by atoms with Crippen molar-refractivity contribution in [1.29, 1.82) is 0 Å². The van der Waals surface area contributed by atoms with Crippen LogP contribution in [0.15, 0.2) is 53.6 Å². The summed E-state index contributed by atoms with van der Waals surface area (Å²) in [4.78, 5) is 24.3. The van der Waals surface area contributed by atoms with Gasteiger partial charge in [-0.25, -0.2) is 5.43 Å². The third-order valence-electron chi connectivity index (χ3n) is 3.93. The van der Waals surface area contributed by atoms with Crippen LogP contribution < -0.4 is 15.9 Å². The Kier molecular flexibility index (Phi) is 8.03. The van der Waals surface area contributed by atoms with Crippen molar-refractivity contribution in [1.82, 2.24) is 5.43 Å². The number of ketones is 1. The molecule has 27 heavy (non-hydrogen) atoms. The summed E-state index contributed by atoms with van der Waals surface area (Å²) in [5, 5.41) is 3.75. The summed E-state index contributed by atoms with van der Waals surface area (Å²) in [6.07, 6.45) is 5.46. The lowest BCUT2D eigenvalue weighted by Crippen LogP contribution is -2.18. The molecule has 0 aliphatic rings. The van der Waals surface area contributed by atoms with Gasteiger partial charge in [0.1, 0.15) is 5.75 Å². The van der Waals surface area contributed by atoms with Gasteiger partial charge in [-0.05, 0) is 42.8 Å². The summed E-state index contributed by atoms with van der Waals surface area (Å²) in [6.45, 7) is 2.72. The van der Waals surface area contributed by atoms with E-state index in [2.05, 4.69) is 17.5 Å². The molecule has 0 saturated carbocycles. The highest BCUT2D eigenvalue weighted by molar-refractivity contribution is 6.36. The monoisotopic (exact) mass is 367 g/mol. The quantitative estimate of drug-likeness (QED) is 0.219. The van der Waals surface area contributed by atoms with Crippen LogP contribution in [0.25, 0.3) is 0 Å². The van der Waals surface area contributed by atoms with Crippen LogP contribution in [-0.2, 0) is 0 Å². The van der Waals surface area contributed by atoms with Gasteiger partial charge in [0, 0.05) is 11.3 Å². The van der Waals surface area contributed by atoms with E-state index in [0.717, 1.165) is 25.5 Å². The van der Waals surface area contributed by atoms with Crippen molar-refractivity contribution in [2.75, 3.05) is 12.3 Å². The number of nitrogens with two attached hydrogens (primary N) is 1. The number of hydrazone groups is 1. The number of Topliss-reactive ketones (excluding diaryl/α,β-unsaturated/α-hetero) is 1. The van der Waals surface area contributed by atoms with Crippen LogP contribution in [0.3, 0.4) is 0 Å². The van der Waals surface area contributed by atoms with E-state index in [4.69, 9.17) is 10.5 Å². The molecule has 0 unspecified atom stereocenters. The van der Waals surface area contributed by atoms with Gasteiger partial charge in [0.2, 0.25) is 5.78 Å². The van der Waals surface area contributed by atoms with E-state index in [1.807, 2.05) is 6.07 Å². The van der Waals surface area contributed by atoms with Gasteiger partial charge >= 0.3 is 0 Å². The SMILES string of the molecule is CCCCCCOc1ccccc1C(=O)/C=N\NC(=O)c1ccc(N)cc1. The molecular weight excluding hydrogens is 342 g/mol. The Morgan fingerprint density at radius 2 is 1.81 bits per heavy atom. The van der Waals surface area contributed by atoms with E-state index < -0.39 is 5.91 Å². The number of benzene rings is 2. The Morgan fingerprint density at radius 1 is 1.07 bits per heavy atom. The average molecular weight is 367 g/mol. The van der Waals surface area contributed by atoms with Crippen molar-refractivity contribution in [3.05, 3.63) is 59.7 Å². The predicted octanol–water partition coefficient (Wildman–Crippen LogP) is 3.83. The number of amides is 1. The lowest BCUT2D eigenvalue weighted by molar-refractivity contribution is 0.0955. The van der Waals surface area contributed by atoms with Crippen LogP contribution in [0.5, 0.6) is 5.75 Å². The van der Waals surface area contributed by atoms with E-state index in [0.29, 0.717) is 29.2 Å². The number of hydrogen-bond acceptors (Lipinski definition) is 5. The van der Waals surface area contributed by atoms with Gasteiger partial charge in [0.25, 0.3) is 5.91 Å². The second kappa shape index (κ2) is 10.8. The predicted molar refractivity (Wildman–Crippen MR) is 107 cm³/mol. The molecule has 0 fully saturated rings. The van der Waals surface area contributed by atoms with Crippen LogP contribution >= 0.6 is 0 Å². The molecule has 0 aromatic heterocycles. The standard InChI is InChI=1S/C21H25N3O3/c1-2-3-4-7-14-27-20-9-6-5-8-18(20)19(25)15-23-24-21(26)16-10-12-17(22)13-11-16/h5-6,8-13,15H,2-4,7,14,22H2,1H3,(H,24,26)/b23-15-. The number of rotatable bonds is 10. The molecule has 142 valence electrons. The van der Waals surface area contributed by atoms with Crippen LogP contribution in [0, 0.1) is 0 Å². The number of ether oxygens (including phenoxy) is 1. The van der Waals surface area contributed by atoms with E-state index in [1.54, 1.807) is 42.5 Å². The lowest BCUT2D eigenvalue weighted by Gasteiger charge is -2.09. The third-order valence-corrected chi connectivity index (χ3v) is 3.93. The molecule has 6 heteroatoms. The second-order valence-electron chi connectivity index (χ2n) is 6.09. The first-order valence-corrected chi connectivity index (χ1v) is 9.07. The molecule has 1 amide bonds. The minimum absolute atomic E-state index is 0.336. The molecule has 0 radical (unpaired) electrons. The van der Waals surface area contributed by atoms with Gasteiger partial charge < -0.3 is 10.5 Å². The van der Waals surface area contributed by atoms with Gasteiger partial charge in [-0.3, -0.25) is 9.59 Å². The van der Waals surface area contributed by atoms with Gasteiger partial charge in [-0.15, -0.1) is 0 Å². The summed E-state index contributed by atoms with van der Waals surface area (Å²) in [5.74, 6) is -0.230. The Morgan fingerprint density at radius 3 is 2.56 bits per heavy atom. The number of hydrogen-bond donors (Lipinski definition) is 2. The van der Waals surface area contributed by atoms with Crippen LogP contribution in [0.2, 0.25) is 0 Å². The van der Waals surface area contributed by atoms with Crippen LogP contribution in [-0.4, -0.2) is 24.5 Å². The summed E-state index contributed by atoms with van der Waals surface area (Å²) in [5.41, 5.74) is 9.31. The molecule has 0 spiro atoms. The maximum absolute atomic E-state index is 12.4. The number of nitrogens with one attached hydrogen (secondary N) is 1. The maximum Gasteiger partial charge on any atom is 0.271 e. The Balaban J connectivity index is 1.92. The number of para-hydroxylation sites is 1. The number of carbonyl (C=O) groups excluding carboxylic acids is 2. The highest BCUT2D eigenvalue weighted by Gasteiger charge is 2.10. The summed E-state index contributed by atoms with van der Waals surface area (Å²) >= 11 is 0. The largest absolute Gasteiger partial charge is 0.493 e. The minimum atomic E-state index is -0.417. The van der Waals surface area contributed by atoms with Crippen molar-refractivity contribution >= 4 is 23.6 Å². The third kappa shape index (κ3) is 6.58. The average Bonchev–Trinajstić information content (AvgIpc) is 2.68. The van der Waals surface area contributed by atoms with E-state index >= 15 is 0 Å². The molecule has 0 aliphatic heterocycles. The van der Waals surface area contributed by atoms with Crippen molar-refractivity contribution in [3.8, 4) is 5.75 Å². The molecule has 2 rings (SSSR count). The summed E-state index contributed by atoms with van der Waals surface area (Å²) in [7, 11) is 0. The van der Waals surface area contributed by atoms with Crippen molar-refractivity contribution < 1.29 is 14.3 Å². The molecule has 0 bridgehead atoms. The van der Waals surface area contributed by atoms with Crippen molar-refractivity contribution in [3.63, 3.8) is 0 Å². The Labute approximate surface area is 159 Å². The fourth-order valence-corrected chi connectivity index (χ4v) is 2.43. The van der Waals surface area contributed by atoms with Gasteiger partial charge in [-0.2, -0.15) is 5.10 Å². The lowest BCUT2D eigenvalue weighted by atomic mass is 10.1. The van der Waals surface area contributed by atoms with Crippen molar-refractivity contribution in [2.24, 2.45) is 5.10 Å². The first kappa shape index (κ1) is 20.2. The summed E-state index contributed by atoms with van der Waals surface area (Å²) < 4.78 is 5.73. The zero-order valence-corrected chi connectivity index (χ0v) is 15.5. The second-order valence-corrected chi connectivity index (χ2v) is 6.09. The van der Waals surface area contributed by atoms with E-state index in [9.17, 15) is 9.59 Å². The fraction of sp³-hybridized carbons (Fsp3) is 0.286. The number of unbranched alkanes of at least 4 members (excludes halogenated alkanes) is 3. The van der Waals surface area contributed by atoms with Gasteiger partial charge in [-0.1, -0.05) is 38.3 Å². The summed E-state index contributed by atoms with van der Waals surface area (Å²) in [6, 6.07) is 13.4. The first-order valence-electron chi connectivity index (χ1n) is 9.07. The van der Waals surface area contributed by atoms with Gasteiger partial charge in [0.05, 0.1) is 18.4 Å². The molecule has 2 aromatic carbocycles. The smallest absolute Gasteiger partial charge is 0.271 e. The molecular formula is C21H25N3O3. The topological polar surface area (TPSA) is 93.8 Å². The number of anilines is 1. The molecule has 0 heterocycles. The normalized spacial score (nSPS) is 10.7. The molecule has 0 atom stereocenters. The van der Waals surface area contributed by atoms with Crippen LogP contribution in [0.4, 0.5) is 5.69 Å². The molecule has 0 aliphatic carbocycles. The van der Waals surface area contributed by atoms with E-state index in [1.165, 1.54) is 6.42 Å². The molecule has 6 nitrogen and oxygen atoms in total. The number of nitrogens with zero attached hydrogens (tertiary/aromatic N) is 1. The zero-order valence-electron chi connectivity index (χ0n) is 15.5. The number of nitrogen functional groups attached to an aromatic ring is 1. The molecule has 0 saturated heterocycles. The maximum atomic E-state index is 12.4. The van der Waals surface area contributed by atoms with Crippen LogP contribution in [0.1, 0.15) is 53.3 Å². The highest BCUT2D eigenvalue weighted by atomic mass is 16.5. The Hall–Kier alpha value is -3.15. The minimum Gasteiger partial charge on any atom is -0.493 e. The van der Waals surface area contributed by atoms with Crippen molar-refractivity contribution in [2.45, 2.75) is 32.6 Å². The molecule has 3 N–H and O–H groups in total. The number of carbonyl (C=O) groups is 2. The van der Waals surface area contributed by atoms with E-state index in [-0.39, 0.29) is 5.78 Å². The van der Waals surface area contributed by atoms with Gasteiger partial charge in [0.15, 0.2) is 0 Å². The zero-order chi connectivity index (χ0) is 19.5. The first-order chi connectivity index (χ1) is 13.1. The molecule has 2 aromatic rings. The Bertz CT molecular complexity index is 786. The highest BCUT2D eigenvalue weighted by Crippen LogP contribution is 2.18. The fourth-order valence-electron chi connectivity index (χ4n) is 2.43.